The molecule has 0 aromatic heterocycles. The molecule has 0 aliphatic rings. The topological polar surface area (TPSA) is 67.4 Å². The number of nitrogens with one attached hydrogen (secondary N) is 2. The average Bonchev–Trinajstić information content (AvgIpc) is 2.34. The van der Waals surface area contributed by atoms with Crippen LogP contribution in [-0.4, -0.2) is 35.2 Å². The van der Waals surface area contributed by atoms with Crippen molar-refractivity contribution in [2.75, 3.05) is 26.7 Å². The van der Waals surface area contributed by atoms with Crippen LogP contribution in [0.5, 0.6) is 5.75 Å². The maximum atomic E-state index is 12.3. The molecule has 0 aliphatic carbocycles. The zero-order valence-electron chi connectivity index (χ0n) is 12.3. The summed E-state index contributed by atoms with van der Waals surface area (Å²) < 4.78 is 32.3. The number of aryl methyl sites for hydroxylation is 2. The predicted octanol–water partition coefficient (Wildman–Crippen LogP) is 1.62. The molecule has 1 rings (SSSR count). The molecule has 0 bridgehead atoms. The monoisotopic (exact) mass is 322 g/mol. The summed E-state index contributed by atoms with van der Waals surface area (Å²) in [5, 5.41) is 3.07. The molecule has 1 aromatic carbocycles. The van der Waals surface area contributed by atoms with E-state index in [-0.39, 0.29) is 17.3 Å². The van der Waals surface area contributed by atoms with Gasteiger partial charge in [0.1, 0.15) is 10.6 Å². The van der Waals surface area contributed by atoms with Crippen molar-refractivity contribution in [3.8, 4) is 5.75 Å². The van der Waals surface area contributed by atoms with E-state index in [4.69, 9.17) is 4.74 Å². The van der Waals surface area contributed by atoms with Gasteiger partial charge in [-0.2, -0.15) is 0 Å². The van der Waals surface area contributed by atoms with Gasteiger partial charge in [-0.3, -0.25) is 0 Å². The van der Waals surface area contributed by atoms with Gasteiger partial charge < -0.3 is 10.1 Å². The minimum atomic E-state index is -3.54. The lowest BCUT2D eigenvalue weighted by atomic mass is 10.1. The lowest BCUT2D eigenvalue weighted by Gasteiger charge is -2.14. The number of benzene rings is 1. The molecule has 0 radical (unpaired) electrons. The summed E-state index contributed by atoms with van der Waals surface area (Å²) in [6.07, 6.45) is 0. The number of methoxy groups -OCH3 is 1. The van der Waals surface area contributed by atoms with Gasteiger partial charge in [-0.15, -0.1) is 12.4 Å². The van der Waals surface area contributed by atoms with Crippen molar-refractivity contribution in [2.45, 2.75) is 25.7 Å². The van der Waals surface area contributed by atoms with Gasteiger partial charge in [0.2, 0.25) is 10.0 Å². The number of likely N-dealkylation sites (N-methyl/N-ethyl adjacent to an activating group) is 1. The molecular weight excluding hydrogens is 300 g/mol. The Labute approximate surface area is 127 Å². The molecule has 0 amide bonds. The summed E-state index contributed by atoms with van der Waals surface area (Å²) >= 11 is 0. The Morgan fingerprint density at radius 1 is 1.20 bits per heavy atom. The summed E-state index contributed by atoms with van der Waals surface area (Å²) in [5.74, 6) is 0.404. The molecule has 0 saturated carbocycles. The van der Waals surface area contributed by atoms with Gasteiger partial charge in [-0.25, -0.2) is 13.1 Å². The molecule has 0 unspecified atom stereocenters. The summed E-state index contributed by atoms with van der Waals surface area (Å²) in [7, 11) is -2.06. The second-order valence-electron chi connectivity index (χ2n) is 4.36. The molecule has 2 N–H and O–H groups in total. The standard InChI is InChI=1S/C13H22N2O3S.ClH/c1-5-14-6-7-15-19(16,17)12-9-10(2)8-11(3)13(12)18-4;/h8-9,14-15H,5-7H2,1-4H3;1H. The molecule has 0 aliphatic heterocycles. The smallest absolute Gasteiger partial charge is 0.244 e. The fraction of sp³-hybridized carbons (Fsp3) is 0.538. The van der Waals surface area contributed by atoms with E-state index >= 15 is 0 Å². The summed E-state index contributed by atoms with van der Waals surface area (Å²) in [6, 6.07) is 3.53. The highest BCUT2D eigenvalue weighted by molar-refractivity contribution is 7.89. The number of halogens is 1. The van der Waals surface area contributed by atoms with Crippen LogP contribution in [0, 0.1) is 13.8 Å². The number of hydrogen-bond acceptors (Lipinski definition) is 4. The van der Waals surface area contributed by atoms with Crippen molar-refractivity contribution in [1.29, 1.82) is 0 Å². The Balaban J connectivity index is 0.00000361. The van der Waals surface area contributed by atoms with Crippen LogP contribution in [-0.2, 0) is 10.0 Å². The third kappa shape index (κ3) is 4.94. The van der Waals surface area contributed by atoms with Crippen LogP contribution < -0.4 is 14.8 Å². The highest BCUT2D eigenvalue weighted by atomic mass is 35.5. The van der Waals surface area contributed by atoms with E-state index in [1.54, 1.807) is 6.07 Å². The second kappa shape index (κ2) is 8.46. The van der Waals surface area contributed by atoms with Crippen LogP contribution in [0.15, 0.2) is 17.0 Å². The van der Waals surface area contributed by atoms with Crippen LogP contribution >= 0.6 is 12.4 Å². The van der Waals surface area contributed by atoms with E-state index in [1.165, 1.54) is 7.11 Å². The summed E-state index contributed by atoms with van der Waals surface area (Å²) in [5.41, 5.74) is 1.71. The zero-order valence-corrected chi connectivity index (χ0v) is 14.0. The van der Waals surface area contributed by atoms with Gasteiger partial charge in [-0.05, 0) is 37.6 Å². The third-order valence-electron chi connectivity index (χ3n) is 2.72. The van der Waals surface area contributed by atoms with Gasteiger partial charge in [0, 0.05) is 13.1 Å². The van der Waals surface area contributed by atoms with Gasteiger partial charge in [-0.1, -0.05) is 13.0 Å². The Hall–Kier alpha value is -0.820. The molecule has 7 heteroatoms. The molecule has 20 heavy (non-hydrogen) atoms. The number of rotatable bonds is 7. The van der Waals surface area contributed by atoms with Crippen LogP contribution in [0.4, 0.5) is 0 Å². The van der Waals surface area contributed by atoms with E-state index in [9.17, 15) is 8.42 Å². The van der Waals surface area contributed by atoms with Crippen molar-refractivity contribution in [1.82, 2.24) is 10.0 Å². The van der Waals surface area contributed by atoms with Crippen molar-refractivity contribution in [3.63, 3.8) is 0 Å². The van der Waals surface area contributed by atoms with Crippen LogP contribution in [0.2, 0.25) is 0 Å². The van der Waals surface area contributed by atoms with E-state index in [2.05, 4.69) is 10.0 Å². The number of sulfonamides is 1. The fourth-order valence-electron chi connectivity index (χ4n) is 1.90. The van der Waals surface area contributed by atoms with Gasteiger partial charge in [0.15, 0.2) is 0 Å². The lowest BCUT2D eigenvalue weighted by molar-refractivity contribution is 0.399. The van der Waals surface area contributed by atoms with Crippen molar-refractivity contribution in [3.05, 3.63) is 23.3 Å². The Morgan fingerprint density at radius 3 is 2.40 bits per heavy atom. The maximum Gasteiger partial charge on any atom is 0.244 e. The minimum Gasteiger partial charge on any atom is -0.495 e. The SMILES string of the molecule is CCNCCNS(=O)(=O)c1cc(C)cc(C)c1OC.Cl. The quantitative estimate of drug-likeness (QED) is 0.749. The Morgan fingerprint density at radius 2 is 1.85 bits per heavy atom. The molecule has 0 atom stereocenters. The first-order chi connectivity index (χ1) is 8.92. The van der Waals surface area contributed by atoms with E-state index in [1.807, 2.05) is 26.8 Å². The van der Waals surface area contributed by atoms with Crippen LogP contribution in [0.3, 0.4) is 0 Å². The van der Waals surface area contributed by atoms with Gasteiger partial charge >= 0.3 is 0 Å². The van der Waals surface area contributed by atoms with Crippen molar-refractivity contribution >= 4 is 22.4 Å². The Bertz CT molecular complexity index is 533. The predicted molar refractivity (Wildman–Crippen MR) is 83.4 cm³/mol. The van der Waals surface area contributed by atoms with Gasteiger partial charge in [0.25, 0.3) is 0 Å². The van der Waals surface area contributed by atoms with Crippen LogP contribution in [0.1, 0.15) is 18.1 Å². The maximum absolute atomic E-state index is 12.3. The first kappa shape index (κ1) is 19.2. The van der Waals surface area contributed by atoms with Crippen LogP contribution in [0.25, 0.3) is 0 Å². The zero-order chi connectivity index (χ0) is 14.5. The molecular formula is C13H23ClN2O3S. The summed E-state index contributed by atoms with van der Waals surface area (Å²) in [4.78, 5) is 0.198. The highest BCUT2D eigenvalue weighted by Crippen LogP contribution is 2.28. The average molecular weight is 323 g/mol. The molecule has 5 nitrogen and oxygen atoms in total. The number of hydrogen-bond donors (Lipinski definition) is 2. The van der Waals surface area contributed by atoms with E-state index in [0.717, 1.165) is 17.7 Å². The van der Waals surface area contributed by atoms with Gasteiger partial charge in [0.05, 0.1) is 7.11 Å². The van der Waals surface area contributed by atoms with Crippen molar-refractivity contribution < 1.29 is 13.2 Å². The normalized spacial score (nSPS) is 11.0. The molecule has 0 fully saturated rings. The third-order valence-corrected chi connectivity index (χ3v) is 4.19. The molecule has 0 saturated heterocycles. The fourth-order valence-corrected chi connectivity index (χ4v) is 3.26. The summed E-state index contributed by atoms with van der Waals surface area (Å²) in [6.45, 7) is 7.44. The largest absolute Gasteiger partial charge is 0.495 e. The molecule has 0 heterocycles. The minimum absolute atomic E-state index is 0. The molecule has 0 spiro atoms. The lowest BCUT2D eigenvalue weighted by Crippen LogP contribution is -2.32. The second-order valence-corrected chi connectivity index (χ2v) is 6.10. The first-order valence-electron chi connectivity index (χ1n) is 6.28. The number of ether oxygens (including phenoxy) is 1. The van der Waals surface area contributed by atoms with E-state index in [0.29, 0.717) is 18.8 Å². The van der Waals surface area contributed by atoms with E-state index < -0.39 is 10.0 Å². The molecule has 1 aromatic rings. The Kier molecular flexibility index (Phi) is 8.12. The highest BCUT2D eigenvalue weighted by Gasteiger charge is 2.20. The molecule has 116 valence electrons. The van der Waals surface area contributed by atoms with Crippen molar-refractivity contribution in [2.24, 2.45) is 0 Å². The first-order valence-corrected chi connectivity index (χ1v) is 7.76.